The Morgan fingerprint density at radius 1 is 1.12 bits per heavy atom. The lowest BCUT2D eigenvalue weighted by Crippen LogP contribution is -1.90. The van der Waals surface area contributed by atoms with Gasteiger partial charge in [0.05, 0.1) is 11.6 Å². The first-order chi connectivity index (χ1) is 7.72. The highest BCUT2D eigenvalue weighted by Gasteiger charge is 2.07. The number of aromatic nitrogens is 1. The summed E-state index contributed by atoms with van der Waals surface area (Å²) in [5, 5.41) is 9.12. The normalized spacial score (nSPS) is 9.81. The van der Waals surface area contributed by atoms with Crippen LogP contribution in [0.2, 0.25) is 0 Å². The maximum Gasteiger partial charge on any atom is 0.0998 e. The first kappa shape index (κ1) is 10.4. The summed E-state index contributed by atoms with van der Waals surface area (Å²) < 4.78 is 0. The van der Waals surface area contributed by atoms with Gasteiger partial charge in [-0.05, 0) is 31.5 Å². The van der Waals surface area contributed by atoms with Crippen LogP contribution in [0.5, 0.6) is 0 Å². The van der Waals surface area contributed by atoms with Crippen molar-refractivity contribution < 1.29 is 0 Å². The molecule has 2 rings (SSSR count). The topological polar surface area (TPSA) is 36.7 Å². The predicted octanol–water partition coefficient (Wildman–Crippen LogP) is 3.24. The third-order valence-corrected chi connectivity index (χ3v) is 2.59. The van der Waals surface area contributed by atoms with Crippen molar-refractivity contribution in [3.8, 4) is 17.2 Å². The second-order valence-corrected chi connectivity index (χ2v) is 3.80. The van der Waals surface area contributed by atoms with Gasteiger partial charge >= 0.3 is 0 Å². The largest absolute Gasteiger partial charge is 0.261 e. The molecule has 0 fully saturated rings. The van der Waals surface area contributed by atoms with E-state index >= 15 is 0 Å². The highest BCUT2D eigenvalue weighted by molar-refractivity contribution is 5.72. The highest BCUT2D eigenvalue weighted by atomic mass is 14.7. The lowest BCUT2D eigenvalue weighted by molar-refractivity contribution is 1.20. The minimum absolute atomic E-state index is 0.705. The zero-order valence-electron chi connectivity index (χ0n) is 9.36. The summed E-state index contributed by atoms with van der Waals surface area (Å²) in [5.74, 6) is 0. The molecule has 0 N–H and O–H groups in total. The third-order valence-electron chi connectivity index (χ3n) is 2.59. The molecule has 2 aromatic rings. The molecule has 1 aromatic heterocycles. The van der Waals surface area contributed by atoms with E-state index in [1.165, 1.54) is 0 Å². The second-order valence-electron chi connectivity index (χ2n) is 3.80. The van der Waals surface area contributed by atoms with Crippen molar-refractivity contribution in [2.24, 2.45) is 0 Å². The molecular formula is C14H12N2. The Hall–Kier alpha value is -2.14. The van der Waals surface area contributed by atoms with E-state index in [2.05, 4.69) is 11.1 Å². The number of hydrogen-bond acceptors (Lipinski definition) is 2. The molecule has 0 aliphatic heterocycles. The van der Waals surface area contributed by atoms with E-state index in [0.29, 0.717) is 5.56 Å². The van der Waals surface area contributed by atoms with Gasteiger partial charge in [0.25, 0.3) is 0 Å². The zero-order valence-corrected chi connectivity index (χ0v) is 9.36. The van der Waals surface area contributed by atoms with Crippen LogP contribution in [-0.2, 0) is 0 Å². The van der Waals surface area contributed by atoms with E-state index in [1.807, 2.05) is 44.2 Å². The number of nitriles is 1. The number of aryl methyl sites for hydroxylation is 2. The zero-order chi connectivity index (χ0) is 11.5. The Bertz CT molecular complexity index is 565. The summed E-state index contributed by atoms with van der Waals surface area (Å²) in [6.07, 6.45) is 1.76. The Labute approximate surface area is 95.2 Å². The Morgan fingerprint density at radius 2 is 1.94 bits per heavy atom. The van der Waals surface area contributed by atoms with Crippen molar-refractivity contribution in [3.05, 3.63) is 53.3 Å². The smallest absolute Gasteiger partial charge is 0.0998 e. The lowest BCUT2D eigenvalue weighted by Gasteiger charge is -2.07. The molecule has 0 unspecified atom stereocenters. The second kappa shape index (κ2) is 4.16. The van der Waals surface area contributed by atoms with Crippen molar-refractivity contribution >= 4 is 0 Å². The SMILES string of the molecule is Cc1ccc(-c2cccnc2C)c(C#N)c1. The fourth-order valence-corrected chi connectivity index (χ4v) is 1.75. The van der Waals surface area contributed by atoms with Gasteiger partial charge in [-0.2, -0.15) is 5.26 Å². The number of hydrogen-bond donors (Lipinski definition) is 0. The predicted molar refractivity (Wildman–Crippen MR) is 63.9 cm³/mol. The van der Waals surface area contributed by atoms with Crippen LogP contribution in [0.3, 0.4) is 0 Å². The molecular weight excluding hydrogens is 196 g/mol. The van der Waals surface area contributed by atoms with Gasteiger partial charge in [-0.1, -0.05) is 18.2 Å². The molecule has 2 nitrogen and oxygen atoms in total. The fourth-order valence-electron chi connectivity index (χ4n) is 1.75. The minimum Gasteiger partial charge on any atom is -0.261 e. The van der Waals surface area contributed by atoms with Crippen LogP contribution in [0.1, 0.15) is 16.8 Å². The van der Waals surface area contributed by atoms with Crippen LogP contribution in [0.25, 0.3) is 11.1 Å². The monoisotopic (exact) mass is 208 g/mol. The molecule has 0 aliphatic rings. The van der Waals surface area contributed by atoms with Crippen LogP contribution >= 0.6 is 0 Å². The molecule has 2 heteroatoms. The molecule has 0 amide bonds. The van der Waals surface area contributed by atoms with E-state index in [9.17, 15) is 0 Å². The first-order valence-corrected chi connectivity index (χ1v) is 5.15. The van der Waals surface area contributed by atoms with Crippen LogP contribution in [-0.4, -0.2) is 4.98 Å². The van der Waals surface area contributed by atoms with Crippen molar-refractivity contribution in [2.75, 3.05) is 0 Å². The highest BCUT2D eigenvalue weighted by Crippen LogP contribution is 2.25. The van der Waals surface area contributed by atoms with Gasteiger partial charge in [-0.25, -0.2) is 0 Å². The van der Waals surface area contributed by atoms with Crippen molar-refractivity contribution in [1.82, 2.24) is 4.98 Å². The number of pyridine rings is 1. The van der Waals surface area contributed by atoms with Gasteiger partial charge in [0, 0.05) is 23.0 Å². The van der Waals surface area contributed by atoms with Crippen LogP contribution in [0, 0.1) is 25.2 Å². The quantitative estimate of drug-likeness (QED) is 0.721. The van der Waals surface area contributed by atoms with E-state index in [-0.39, 0.29) is 0 Å². The minimum atomic E-state index is 0.705. The van der Waals surface area contributed by atoms with Gasteiger partial charge < -0.3 is 0 Å². The number of nitrogens with zero attached hydrogens (tertiary/aromatic N) is 2. The van der Waals surface area contributed by atoms with E-state index in [1.54, 1.807) is 6.20 Å². The Balaban J connectivity index is 2.66. The molecule has 16 heavy (non-hydrogen) atoms. The van der Waals surface area contributed by atoms with Crippen molar-refractivity contribution in [3.63, 3.8) is 0 Å². The van der Waals surface area contributed by atoms with Gasteiger partial charge in [-0.15, -0.1) is 0 Å². The molecule has 78 valence electrons. The van der Waals surface area contributed by atoms with E-state index in [4.69, 9.17) is 5.26 Å². The molecule has 0 atom stereocenters. The van der Waals surface area contributed by atoms with E-state index < -0.39 is 0 Å². The molecule has 0 saturated heterocycles. The summed E-state index contributed by atoms with van der Waals surface area (Å²) in [6.45, 7) is 3.94. The lowest BCUT2D eigenvalue weighted by atomic mass is 9.98. The van der Waals surface area contributed by atoms with Crippen LogP contribution < -0.4 is 0 Å². The summed E-state index contributed by atoms with van der Waals surface area (Å²) in [7, 11) is 0. The average molecular weight is 208 g/mol. The summed E-state index contributed by atoms with van der Waals surface area (Å²) in [4.78, 5) is 4.24. The molecule has 1 heterocycles. The fraction of sp³-hybridized carbons (Fsp3) is 0.143. The van der Waals surface area contributed by atoms with Gasteiger partial charge in [0.15, 0.2) is 0 Å². The van der Waals surface area contributed by atoms with Crippen LogP contribution in [0.4, 0.5) is 0 Å². The average Bonchev–Trinajstić information content (AvgIpc) is 2.30. The van der Waals surface area contributed by atoms with Gasteiger partial charge in [-0.3, -0.25) is 4.98 Å². The Morgan fingerprint density at radius 3 is 2.62 bits per heavy atom. The van der Waals surface area contributed by atoms with Crippen LogP contribution in [0.15, 0.2) is 36.5 Å². The van der Waals surface area contributed by atoms with Gasteiger partial charge in [0.2, 0.25) is 0 Å². The number of rotatable bonds is 1. The summed E-state index contributed by atoms with van der Waals surface area (Å²) in [6, 6.07) is 12.0. The first-order valence-electron chi connectivity index (χ1n) is 5.15. The van der Waals surface area contributed by atoms with Crippen molar-refractivity contribution in [1.29, 1.82) is 5.26 Å². The van der Waals surface area contributed by atoms with E-state index in [0.717, 1.165) is 22.4 Å². The maximum absolute atomic E-state index is 9.12. The molecule has 0 aliphatic carbocycles. The molecule has 1 aromatic carbocycles. The molecule has 0 spiro atoms. The van der Waals surface area contributed by atoms with Gasteiger partial charge in [0.1, 0.15) is 0 Å². The molecule has 0 radical (unpaired) electrons. The Kier molecular flexibility index (Phi) is 2.70. The molecule has 0 saturated carbocycles. The number of benzene rings is 1. The third kappa shape index (κ3) is 1.80. The molecule has 0 bridgehead atoms. The summed E-state index contributed by atoms with van der Waals surface area (Å²) >= 11 is 0. The van der Waals surface area contributed by atoms with Crippen molar-refractivity contribution in [2.45, 2.75) is 13.8 Å². The summed E-state index contributed by atoms with van der Waals surface area (Å²) in [5.41, 5.74) is 4.73. The maximum atomic E-state index is 9.12. The standard InChI is InChI=1S/C14H12N2/c1-10-5-6-14(12(8-10)9-15)13-4-3-7-16-11(13)2/h3-8H,1-2H3.